The van der Waals surface area contributed by atoms with Crippen LogP contribution in [-0.4, -0.2) is 9.97 Å². The summed E-state index contributed by atoms with van der Waals surface area (Å²) >= 11 is 9.53. The van der Waals surface area contributed by atoms with Gasteiger partial charge in [-0.15, -0.1) is 0 Å². The van der Waals surface area contributed by atoms with Crippen LogP contribution >= 0.6 is 27.5 Å². The molecule has 0 spiro atoms. The van der Waals surface area contributed by atoms with Gasteiger partial charge in [0.1, 0.15) is 17.1 Å². The Morgan fingerprint density at radius 3 is 2.79 bits per heavy atom. The standard InChI is InChI=1S/C14H8BrClN2O/c15-13-10-4-2-1-3-9(10)5-6-12(13)19-14-11(16)7-17-8-18-14/h1-8H. The lowest BCUT2D eigenvalue weighted by atomic mass is 10.1. The highest BCUT2D eigenvalue weighted by molar-refractivity contribution is 9.10. The SMILES string of the molecule is Clc1cncnc1Oc1ccc2ccccc2c1Br. The summed E-state index contributed by atoms with van der Waals surface area (Å²) in [6.07, 6.45) is 2.90. The zero-order valence-corrected chi connectivity index (χ0v) is 12.0. The number of hydrogen-bond donors (Lipinski definition) is 0. The first-order chi connectivity index (χ1) is 9.25. The summed E-state index contributed by atoms with van der Waals surface area (Å²) in [5, 5.41) is 2.59. The van der Waals surface area contributed by atoms with E-state index in [0.29, 0.717) is 16.7 Å². The molecule has 0 N–H and O–H groups in total. The molecule has 0 radical (unpaired) electrons. The molecule has 3 aromatic rings. The van der Waals surface area contributed by atoms with E-state index in [4.69, 9.17) is 16.3 Å². The molecule has 3 nitrogen and oxygen atoms in total. The van der Waals surface area contributed by atoms with Gasteiger partial charge in [0.2, 0.25) is 5.88 Å². The van der Waals surface area contributed by atoms with Gasteiger partial charge in [-0.3, -0.25) is 0 Å². The van der Waals surface area contributed by atoms with Crippen molar-refractivity contribution in [2.45, 2.75) is 0 Å². The van der Waals surface area contributed by atoms with E-state index in [-0.39, 0.29) is 0 Å². The number of ether oxygens (including phenoxy) is 1. The Bertz CT molecular complexity index is 748. The van der Waals surface area contributed by atoms with Crippen LogP contribution in [-0.2, 0) is 0 Å². The van der Waals surface area contributed by atoms with E-state index < -0.39 is 0 Å². The van der Waals surface area contributed by atoms with E-state index >= 15 is 0 Å². The molecule has 0 amide bonds. The van der Waals surface area contributed by atoms with Crippen LogP contribution in [0.25, 0.3) is 10.8 Å². The average Bonchev–Trinajstić information content (AvgIpc) is 2.44. The average molecular weight is 336 g/mol. The molecule has 1 heterocycles. The van der Waals surface area contributed by atoms with Gasteiger partial charge in [0.25, 0.3) is 0 Å². The topological polar surface area (TPSA) is 35.0 Å². The van der Waals surface area contributed by atoms with E-state index in [0.717, 1.165) is 15.2 Å². The highest BCUT2D eigenvalue weighted by atomic mass is 79.9. The second kappa shape index (κ2) is 5.15. The van der Waals surface area contributed by atoms with E-state index in [1.54, 1.807) is 0 Å². The third kappa shape index (κ3) is 2.41. The Morgan fingerprint density at radius 1 is 1.11 bits per heavy atom. The van der Waals surface area contributed by atoms with Crippen molar-refractivity contribution in [2.75, 3.05) is 0 Å². The Kier molecular flexibility index (Phi) is 3.36. The number of aromatic nitrogens is 2. The van der Waals surface area contributed by atoms with E-state index in [9.17, 15) is 0 Å². The molecule has 0 atom stereocenters. The maximum Gasteiger partial charge on any atom is 0.241 e. The van der Waals surface area contributed by atoms with Gasteiger partial charge in [0.05, 0.1) is 10.7 Å². The summed E-state index contributed by atoms with van der Waals surface area (Å²) in [7, 11) is 0. The van der Waals surface area contributed by atoms with Crippen LogP contribution in [0.2, 0.25) is 5.02 Å². The fourth-order valence-corrected chi connectivity index (χ4v) is 2.49. The number of halogens is 2. The van der Waals surface area contributed by atoms with Gasteiger partial charge in [0.15, 0.2) is 0 Å². The quantitative estimate of drug-likeness (QED) is 0.672. The summed E-state index contributed by atoms with van der Waals surface area (Å²) in [6, 6.07) is 11.9. The molecule has 3 rings (SSSR count). The van der Waals surface area contributed by atoms with Crippen molar-refractivity contribution in [3.8, 4) is 11.6 Å². The molecule has 94 valence electrons. The van der Waals surface area contributed by atoms with Crippen molar-refractivity contribution in [3.63, 3.8) is 0 Å². The molecule has 0 aliphatic rings. The highest BCUT2D eigenvalue weighted by Crippen LogP contribution is 2.36. The predicted octanol–water partition coefficient (Wildman–Crippen LogP) is 4.84. The van der Waals surface area contributed by atoms with Gasteiger partial charge in [-0.2, -0.15) is 0 Å². The fourth-order valence-electron chi connectivity index (χ4n) is 1.77. The van der Waals surface area contributed by atoms with Crippen LogP contribution in [0.3, 0.4) is 0 Å². The molecular formula is C14H8BrClN2O. The highest BCUT2D eigenvalue weighted by Gasteiger charge is 2.09. The van der Waals surface area contributed by atoms with Crippen molar-refractivity contribution in [3.05, 3.63) is 58.4 Å². The van der Waals surface area contributed by atoms with Crippen molar-refractivity contribution in [1.29, 1.82) is 0 Å². The minimum atomic E-state index is 0.340. The predicted molar refractivity (Wildman–Crippen MR) is 78.8 cm³/mol. The van der Waals surface area contributed by atoms with Gasteiger partial charge in [0, 0.05) is 0 Å². The number of fused-ring (bicyclic) bond motifs is 1. The van der Waals surface area contributed by atoms with Crippen LogP contribution in [0.4, 0.5) is 0 Å². The normalized spacial score (nSPS) is 10.6. The van der Waals surface area contributed by atoms with Crippen LogP contribution in [0.1, 0.15) is 0 Å². The lowest BCUT2D eigenvalue weighted by molar-refractivity contribution is 0.460. The van der Waals surface area contributed by atoms with Crippen LogP contribution < -0.4 is 4.74 Å². The molecule has 2 aromatic carbocycles. The number of rotatable bonds is 2. The molecule has 5 heteroatoms. The number of benzene rings is 2. The zero-order valence-electron chi connectivity index (χ0n) is 9.68. The fraction of sp³-hybridized carbons (Fsp3) is 0. The monoisotopic (exact) mass is 334 g/mol. The summed E-state index contributed by atoms with van der Waals surface area (Å²) in [6.45, 7) is 0. The first-order valence-corrected chi connectivity index (χ1v) is 6.73. The summed E-state index contributed by atoms with van der Waals surface area (Å²) in [4.78, 5) is 7.83. The summed E-state index contributed by atoms with van der Waals surface area (Å²) < 4.78 is 6.59. The van der Waals surface area contributed by atoms with E-state index in [2.05, 4.69) is 25.9 Å². The second-order valence-corrected chi connectivity index (χ2v) is 5.08. The van der Waals surface area contributed by atoms with Crippen molar-refractivity contribution in [1.82, 2.24) is 9.97 Å². The molecular weight excluding hydrogens is 328 g/mol. The molecule has 0 saturated carbocycles. The van der Waals surface area contributed by atoms with E-state index in [1.807, 2.05) is 36.4 Å². The minimum Gasteiger partial charge on any atom is -0.436 e. The lowest BCUT2D eigenvalue weighted by Crippen LogP contribution is -1.91. The maximum absolute atomic E-state index is 5.98. The smallest absolute Gasteiger partial charge is 0.241 e. The molecule has 0 bridgehead atoms. The third-order valence-corrected chi connectivity index (χ3v) is 3.75. The summed E-state index contributed by atoms with van der Waals surface area (Å²) in [5.74, 6) is 1.01. The first-order valence-electron chi connectivity index (χ1n) is 5.56. The molecule has 0 fully saturated rings. The van der Waals surface area contributed by atoms with Crippen molar-refractivity contribution >= 4 is 38.3 Å². The molecule has 0 aliphatic heterocycles. The molecule has 19 heavy (non-hydrogen) atoms. The van der Waals surface area contributed by atoms with Gasteiger partial charge in [-0.05, 0) is 32.8 Å². The molecule has 0 saturated heterocycles. The van der Waals surface area contributed by atoms with Crippen LogP contribution in [0, 0.1) is 0 Å². The second-order valence-electron chi connectivity index (χ2n) is 3.88. The van der Waals surface area contributed by atoms with Gasteiger partial charge in [-0.25, -0.2) is 9.97 Å². The van der Waals surface area contributed by atoms with Crippen LogP contribution in [0.5, 0.6) is 11.6 Å². The van der Waals surface area contributed by atoms with Crippen LogP contribution in [0.15, 0.2) is 53.4 Å². The van der Waals surface area contributed by atoms with Gasteiger partial charge < -0.3 is 4.74 Å². The maximum atomic E-state index is 5.98. The number of hydrogen-bond acceptors (Lipinski definition) is 3. The largest absolute Gasteiger partial charge is 0.436 e. The lowest BCUT2D eigenvalue weighted by Gasteiger charge is -2.09. The zero-order chi connectivity index (χ0) is 13.2. The first kappa shape index (κ1) is 12.4. The van der Waals surface area contributed by atoms with Crippen molar-refractivity contribution < 1.29 is 4.74 Å². The minimum absolute atomic E-state index is 0.340. The summed E-state index contributed by atoms with van der Waals surface area (Å²) in [5.41, 5.74) is 0. The Morgan fingerprint density at radius 2 is 1.95 bits per heavy atom. The Hall–Kier alpha value is -1.65. The Balaban J connectivity index is 2.07. The van der Waals surface area contributed by atoms with Crippen molar-refractivity contribution in [2.24, 2.45) is 0 Å². The third-order valence-electron chi connectivity index (χ3n) is 2.67. The van der Waals surface area contributed by atoms with Gasteiger partial charge in [-0.1, -0.05) is 41.9 Å². The Labute approximate surface area is 123 Å². The van der Waals surface area contributed by atoms with Gasteiger partial charge >= 0.3 is 0 Å². The molecule has 0 unspecified atom stereocenters. The molecule has 1 aromatic heterocycles. The van der Waals surface area contributed by atoms with E-state index in [1.165, 1.54) is 12.5 Å². The number of nitrogens with zero attached hydrogens (tertiary/aromatic N) is 2. The molecule has 0 aliphatic carbocycles.